The summed E-state index contributed by atoms with van der Waals surface area (Å²) in [6, 6.07) is 7.27. The number of anilines is 2. The SMILES string of the molecule is CC(C)C(CCC(C)C(CCC1CC2C(=O)N(c3ccc(N4C(=O)C5CC(CCC(SCCN(C)C)C(C)CCC(SCCN(C)C)C(C)C)C(SCCN(C)C)CC5C4=O)cc3)C(=O)C2CC1SCCN(C)C)SCCN(C)C)SCCN(C)C. The van der Waals surface area contributed by atoms with Crippen LogP contribution >= 0.6 is 70.6 Å². The van der Waals surface area contributed by atoms with E-state index in [9.17, 15) is 19.2 Å². The third kappa shape index (κ3) is 24.0. The summed E-state index contributed by atoms with van der Waals surface area (Å²) in [4.78, 5) is 75.4. The fraction of sp³-hybridized carbons (Fsp3) is 0.853. The Hall–Kier alpha value is -0.640. The zero-order valence-electron chi connectivity index (χ0n) is 57.2. The second kappa shape index (κ2) is 38.5. The molecule has 0 radical (unpaired) electrons. The Bertz CT molecular complexity index is 2010. The minimum Gasteiger partial charge on any atom is -0.309 e. The molecule has 1 aromatic carbocycles. The molecule has 14 atom stereocenters. The number of carbonyl (C=O) groups is 4. The second-order valence-electron chi connectivity index (χ2n) is 28.5. The molecular weight excluding hydrogens is 1190 g/mol. The van der Waals surface area contributed by atoms with Crippen LogP contribution in [0.15, 0.2) is 24.3 Å². The van der Waals surface area contributed by atoms with E-state index in [0.717, 1.165) is 114 Å². The van der Waals surface area contributed by atoms with Crippen molar-refractivity contribution in [3.05, 3.63) is 24.3 Å². The van der Waals surface area contributed by atoms with Gasteiger partial charge in [0, 0.05) is 105 Å². The minimum atomic E-state index is -0.340. The van der Waals surface area contributed by atoms with Gasteiger partial charge in [0.05, 0.1) is 35.0 Å². The lowest BCUT2D eigenvalue weighted by molar-refractivity contribution is -0.124. The molecule has 4 aliphatic rings. The van der Waals surface area contributed by atoms with Crippen molar-refractivity contribution in [2.75, 3.05) is 168 Å². The highest BCUT2D eigenvalue weighted by molar-refractivity contribution is 8.01. The molecule has 5 rings (SSSR count). The Balaban J connectivity index is 1.30. The van der Waals surface area contributed by atoms with Crippen LogP contribution in [0.3, 0.4) is 0 Å². The lowest BCUT2D eigenvalue weighted by atomic mass is 9.73. The minimum absolute atomic E-state index is 0.0865. The van der Waals surface area contributed by atoms with Crippen molar-refractivity contribution in [3.63, 3.8) is 0 Å². The van der Waals surface area contributed by atoms with Crippen LogP contribution in [0.4, 0.5) is 11.4 Å². The smallest absolute Gasteiger partial charge is 0.237 e. The molecule has 2 aliphatic heterocycles. The van der Waals surface area contributed by atoms with Crippen molar-refractivity contribution in [2.45, 2.75) is 150 Å². The number of rotatable bonds is 42. The Morgan fingerprint density at radius 3 is 0.919 bits per heavy atom. The van der Waals surface area contributed by atoms with Crippen LogP contribution in [0.5, 0.6) is 0 Å². The zero-order valence-corrected chi connectivity index (χ0v) is 62.1. The van der Waals surface area contributed by atoms with E-state index in [1.54, 1.807) is 0 Å². The van der Waals surface area contributed by atoms with Crippen LogP contribution < -0.4 is 9.80 Å². The van der Waals surface area contributed by atoms with Crippen LogP contribution in [-0.4, -0.2) is 243 Å². The highest BCUT2D eigenvalue weighted by Gasteiger charge is 2.55. The molecule has 12 nitrogen and oxygen atoms in total. The quantitative estimate of drug-likeness (QED) is 0.0581. The largest absolute Gasteiger partial charge is 0.309 e. The summed E-state index contributed by atoms with van der Waals surface area (Å²) in [6.07, 6.45) is 12.2. The van der Waals surface area contributed by atoms with Gasteiger partial charge in [-0.3, -0.25) is 29.0 Å². The molecule has 2 saturated carbocycles. The molecule has 14 unspecified atom stereocenters. The molecule has 4 fully saturated rings. The monoisotopic (exact) mass is 1310 g/mol. The topological polar surface area (TPSA) is 94.2 Å². The molecule has 0 aromatic heterocycles. The summed E-state index contributed by atoms with van der Waals surface area (Å²) >= 11 is 12.6. The first kappa shape index (κ1) is 76.1. The van der Waals surface area contributed by atoms with Crippen molar-refractivity contribution >= 4 is 106 Å². The molecule has 2 aliphatic carbocycles. The summed E-state index contributed by atoms with van der Waals surface area (Å²) in [6.45, 7) is 20.8. The highest BCUT2D eigenvalue weighted by Crippen LogP contribution is 2.51. The Morgan fingerprint density at radius 1 is 0.372 bits per heavy atom. The van der Waals surface area contributed by atoms with E-state index in [4.69, 9.17) is 0 Å². The lowest BCUT2D eigenvalue weighted by Crippen LogP contribution is -2.36. The standard InChI is InChI=1S/C68H122N8O4S6/c1-47(2)59(81-37-31-69(7)8)27-19-49(5)61(83-39-33-71(11)12)29-21-51-43-55-57(45-63(51)85-41-35-73(15)16)67(79)75(65(55)77)53-23-25-54(26-24-53)76-66(78)56-44-52(64(46-58(56)68(76)80)86-42-36-74(17)18)22-30-62(84-40-34-72(13)14)50(6)20-28-60(48(3)4)82-38-32-70(9)10/h23-26,47-52,55-64H,19-22,27-46H2,1-18H3. The molecule has 0 spiro atoms. The van der Waals surface area contributed by atoms with Gasteiger partial charge in [0.25, 0.3) is 0 Å². The first-order valence-electron chi connectivity index (χ1n) is 33.2. The lowest BCUT2D eigenvalue weighted by Gasteiger charge is -2.37. The van der Waals surface area contributed by atoms with Crippen LogP contribution in [0, 0.1) is 59.2 Å². The maximum Gasteiger partial charge on any atom is 0.237 e. The highest BCUT2D eigenvalue weighted by atomic mass is 32.2. The summed E-state index contributed by atoms with van der Waals surface area (Å²) in [5.41, 5.74) is 1.09. The van der Waals surface area contributed by atoms with Gasteiger partial charge in [0.1, 0.15) is 0 Å². The van der Waals surface area contributed by atoms with Crippen LogP contribution in [0.25, 0.3) is 0 Å². The maximum absolute atomic E-state index is 14.8. The van der Waals surface area contributed by atoms with Crippen molar-refractivity contribution in [1.29, 1.82) is 0 Å². The van der Waals surface area contributed by atoms with E-state index in [0.29, 0.717) is 78.4 Å². The number of nitrogens with zero attached hydrogens (tertiary/aromatic N) is 8. The van der Waals surface area contributed by atoms with E-state index in [-0.39, 0.29) is 47.3 Å². The van der Waals surface area contributed by atoms with Crippen LogP contribution in [-0.2, 0) is 19.2 Å². The number of carbonyl (C=O) groups excluding carboxylic acids is 4. The normalized spacial score (nSPS) is 25.1. The molecule has 494 valence electrons. The number of hydrogen-bond donors (Lipinski definition) is 0. The fourth-order valence-electron chi connectivity index (χ4n) is 13.3. The molecule has 1 aromatic rings. The Kier molecular flexibility index (Phi) is 34.1. The van der Waals surface area contributed by atoms with Gasteiger partial charge in [-0.05, 0) is 221 Å². The first-order chi connectivity index (χ1) is 40.8. The molecular formula is C68H122N8O4S6. The number of fused-ring (bicyclic) bond motifs is 2. The van der Waals surface area contributed by atoms with Gasteiger partial charge in [-0.15, -0.1) is 0 Å². The average molecular weight is 1310 g/mol. The van der Waals surface area contributed by atoms with E-state index in [1.165, 1.54) is 47.0 Å². The van der Waals surface area contributed by atoms with Gasteiger partial charge in [0.2, 0.25) is 23.6 Å². The summed E-state index contributed by atoms with van der Waals surface area (Å²) in [5, 5.41) is 3.02. The number of imide groups is 2. The van der Waals surface area contributed by atoms with Gasteiger partial charge in [-0.25, -0.2) is 0 Å². The molecule has 86 heavy (non-hydrogen) atoms. The van der Waals surface area contributed by atoms with E-state index < -0.39 is 0 Å². The molecule has 0 bridgehead atoms. The summed E-state index contributed by atoms with van der Waals surface area (Å²) < 4.78 is 0. The molecule has 2 saturated heterocycles. The predicted molar refractivity (Wildman–Crippen MR) is 385 cm³/mol. The number of benzene rings is 1. The van der Waals surface area contributed by atoms with Crippen molar-refractivity contribution in [1.82, 2.24) is 29.4 Å². The van der Waals surface area contributed by atoms with Crippen molar-refractivity contribution in [3.8, 4) is 0 Å². The Morgan fingerprint density at radius 2 is 0.640 bits per heavy atom. The number of hydrogen-bond acceptors (Lipinski definition) is 16. The maximum atomic E-state index is 14.8. The van der Waals surface area contributed by atoms with E-state index in [1.807, 2.05) is 47.8 Å². The predicted octanol–water partition coefficient (Wildman–Crippen LogP) is 12.4. The van der Waals surface area contributed by atoms with Gasteiger partial charge in [-0.1, -0.05) is 41.5 Å². The van der Waals surface area contributed by atoms with Crippen LogP contribution in [0.2, 0.25) is 0 Å². The molecule has 18 heteroatoms. The van der Waals surface area contributed by atoms with Gasteiger partial charge < -0.3 is 29.4 Å². The van der Waals surface area contributed by atoms with Gasteiger partial charge in [0.15, 0.2) is 0 Å². The summed E-state index contributed by atoms with van der Waals surface area (Å²) in [5.74, 6) is 8.00. The second-order valence-corrected chi connectivity index (χ2v) is 36.5. The van der Waals surface area contributed by atoms with Gasteiger partial charge in [-0.2, -0.15) is 70.6 Å². The zero-order chi connectivity index (χ0) is 63.4. The van der Waals surface area contributed by atoms with Crippen molar-refractivity contribution < 1.29 is 19.2 Å². The first-order valence-corrected chi connectivity index (χ1v) is 39.5. The van der Waals surface area contributed by atoms with Crippen molar-refractivity contribution in [2.24, 2.45) is 59.2 Å². The van der Waals surface area contributed by atoms with Gasteiger partial charge >= 0.3 is 0 Å². The Labute approximate surface area is 551 Å². The van der Waals surface area contributed by atoms with E-state index >= 15 is 0 Å². The number of thioether (sulfide) groups is 6. The number of amides is 4. The van der Waals surface area contributed by atoms with Crippen LogP contribution in [0.1, 0.15) is 119 Å². The molecule has 0 N–H and O–H groups in total. The molecule has 2 heterocycles. The summed E-state index contributed by atoms with van der Waals surface area (Å²) in [7, 11) is 25.8. The third-order valence-corrected chi connectivity index (χ3v) is 28.3. The molecule has 4 amide bonds. The average Bonchev–Trinajstić information content (AvgIpc) is 1.70. The van der Waals surface area contributed by atoms with E-state index in [2.05, 4.69) is 203 Å². The fourth-order valence-corrected chi connectivity index (χ4v) is 22.6. The third-order valence-electron chi connectivity index (χ3n) is 19.1.